The number of fused-ring (bicyclic) bond motifs is 6. The van der Waals surface area contributed by atoms with Crippen LogP contribution in [0.4, 0.5) is 0 Å². The molecule has 2 heteroatoms. The number of rotatable bonds is 14. The summed E-state index contributed by atoms with van der Waals surface area (Å²) in [6.45, 7) is 9.84. The molecule has 0 radical (unpaired) electrons. The summed E-state index contributed by atoms with van der Waals surface area (Å²) < 4.78 is 2.47. The Hall–Kier alpha value is -0.600. The van der Waals surface area contributed by atoms with E-state index in [1.807, 2.05) is 0 Å². The van der Waals surface area contributed by atoms with Gasteiger partial charge < -0.3 is 0 Å². The monoisotopic (exact) mass is 628 g/mol. The lowest BCUT2D eigenvalue weighted by molar-refractivity contribution is 0.212. The Balaban J connectivity index is 1.69. The molecule has 2 aliphatic rings. The Bertz CT molecular complexity index is 1030. The molecule has 1 saturated carbocycles. The van der Waals surface area contributed by atoms with E-state index in [1.54, 1.807) is 11.1 Å². The Morgan fingerprint density at radius 2 is 1.32 bits per heavy atom. The fourth-order valence-corrected chi connectivity index (χ4v) is 8.87. The first-order valence-corrected chi connectivity index (χ1v) is 17.0. The van der Waals surface area contributed by atoms with Crippen LogP contribution in [0.5, 0.6) is 0 Å². The second kappa shape index (κ2) is 13.2. The van der Waals surface area contributed by atoms with Crippen LogP contribution in [-0.2, 0) is 10.8 Å². The van der Waals surface area contributed by atoms with Gasteiger partial charge in [-0.2, -0.15) is 0 Å². The maximum atomic E-state index is 3.89. The molecule has 4 atom stereocenters. The topological polar surface area (TPSA) is 0 Å². The standard InChI is InChI=1S/C35H50Br2/c1-5-7-9-11-13-15-26(3)23-35-25-27(16-14-12-10-8-6-2)24-34(35,4)32-21-28(36)17-19-30(32)31-20-18-29(37)22-33(31)35/h17-22,26-27H,5-16,23-25H2,1-4H3/t26?,27?,34-,35+/m0/s1. The average molecular weight is 631 g/mol. The zero-order chi connectivity index (χ0) is 26.5. The molecular weight excluding hydrogens is 580 g/mol. The summed E-state index contributed by atoms with van der Waals surface area (Å²) in [6, 6.07) is 14.3. The lowest BCUT2D eigenvalue weighted by Crippen LogP contribution is -2.47. The molecule has 0 nitrogen and oxygen atoms in total. The van der Waals surface area contributed by atoms with Crippen LogP contribution in [0.1, 0.15) is 135 Å². The van der Waals surface area contributed by atoms with Gasteiger partial charge in [0.25, 0.3) is 0 Å². The predicted octanol–water partition coefficient (Wildman–Crippen LogP) is 12.5. The third-order valence-electron chi connectivity index (χ3n) is 9.97. The molecule has 2 aliphatic carbocycles. The van der Waals surface area contributed by atoms with Crippen LogP contribution in [0.25, 0.3) is 11.1 Å². The summed E-state index contributed by atoms with van der Waals surface area (Å²) >= 11 is 7.75. The zero-order valence-electron chi connectivity index (χ0n) is 24.0. The summed E-state index contributed by atoms with van der Waals surface area (Å²) in [6.07, 6.45) is 20.7. The predicted molar refractivity (Wildman–Crippen MR) is 170 cm³/mol. The molecule has 0 saturated heterocycles. The first kappa shape index (κ1) is 29.4. The summed E-state index contributed by atoms with van der Waals surface area (Å²) in [5.41, 5.74) is 6.59. The molecule has 0 amide bonds. The van der Waals surface area contributed by atoms with Crippen LogP contribution < -0.4 is 0 Å². The SMILES string of the molecule is CCCCCCCC(C)C[C@]12CC(CCCCCCC)C[C@@]1(C)c1cc(Br)ccc1-c1ccc(Br)cc12. The lowest BCUT2D eigenvalue weighted by atomic mass is 9.52. The third-order valence-corrected chi connectivity index (χ3v) is 11.0. The molecule has 2 aromatic carbocycles. The van der Waals surface area contributed by atoms with Gasteiger partial charge in [0.1, 0.15) is 0 Å². The van der Waals surface area contributed by atoms with Gasteiger partial charge in [0.05, 0.1) is 0 Å². The van der Waals surface area contributed by atoms with E-state index in [0.717, 1.165) is 11.8 Å². The number of benzene rings is 2. The fourth-order valence-electron chi connectivity index (χ4n) is 8.15. The van der Waals surface area contributed by atoms with E-state index in [1.165, 1.54) is 116 Å². The summed E-state index contributed by atoms with van der Waals surface area (Å²) in [7, 11) is 0. The first-order valence-electron chi connectivity index (χ1n) is 15.4. The second-order valence-corrected chi connectivity index (χ2v) is 14.6. The van der Waals surface area contributed by atoms with Crippen molar-refractivity contribution in [3.63, 3.8) is 0 Å². The van der Waals surface area contributed by atoms with Crippen LogP contribution in [0.2, 0.25) is 0 Å². The van der Waals surface area contributed by atoms with Crippen LogP contribution in [0.3, 0.4) is 0 Å². The number of halogens is 2. The average Bonchev–Trinajstić information content (AvgIpc) is 3.17. The van der Waals surface area contributed by atoms with Crippen molar-refractivity contribution >= 4 is 31.9 Å². The van der Waals surface area contributed by atoms with Crippen molar-refractivity contribution in [1.82, 2.24) is 0 Å². The van der Waals surface area contributed by atoms with Gasteiger partial charge in [-0.15, -0.1) is 0 Å². The van der Waals surface area contributed by atoms with E-state index < -0.39 is 0 Å². The molecule has 0 N–H and O–H groups in total. The molecule has 0 spiro atoms. The maximum Gasteiger partial charge on any atom is 0.0178 e. The molecular formula is C35H50Br2. The minimum absolute atomic E-state index is 0.185. The number of unbranched alkanes of at least 4 members (excludes halogenated alkanes) is 8. The summed E-state index contributed by atoms with van der Waals surface area (Å²) in [5.74, 6) is 1.57. The number of hydrogen-bond acceptors (Lipinski definition) is 0. The second-order valence-electron chi connectivity index (χ2n) is 12.8. The third kappa shape index (κ3) is 6.26. The van der Waals surface area contributed by atoms with E-state index in [4.69, 9.17) is 0 Å². The molecule has 0 bridgehead atoms. The Kier molecular flexibility index (Phi) is 10.5. The Labute approximate surface area is 245 Å². The van der Waals surface area contributed by atoms with Gasteiger partial charge in [-0.1, -0.05) is 149 Å². The zero-order valence-corrected chi connectivity index (χ0v) is 27.2. The van der Waals surface area contributed by atoms with Crippen LogP contribution in [0, 0.1) is 11.8 Å². The number of hydrogen-bond donors (Lipinski definition) is 0. The highest BCUT2D eigenvalue weighted by Crippen LogP contribution is 2.66. The van der Waals surface area contributed by atoms with E-state index in [9.17, 15) is 0 Å². The van der Waals surface area contributed by atoms with Gasteiger partial charge >= 0.3 is 0 Å². The van der Waals surface area contributed by atoms with Crippen molar-refractivity contribution < 1.29 is 0 Å². The molecule has 4 rings (SSSR count). The van der Waals surface area contributed by atoms with Crippen LogP contribution in [-0.4, -0.2) is 0 Å². The minimum atomic E-state index is 0.185. The van der Waals surface area contributed by atoms with Crippen molar-refractivity contribution in [2.75, 3.05) is 0 Å². The van der Waals surface area contributed by atoms with E-state index in [0.29, 0.717) is 0 Å². The van der Waals surface area contributed by atoms with Crippen LogP contribution in [0.15, 0.2) is 45.3 Å². The van der Waals surface area contributed by atoms with Gasteiger partial charge in [0, 0.05) is 19.8 Å². The summed E-state index contributed by atoms with van der Waals surface area (Å²) in [5, 5.41) is 0. The van der Waals surface area contributed by atoms with Crippen molar-refractivity contribution in [3.05, 3.63) is 56.5 Å². The smallest absolute Gasteiger partial charge is 0.0178 e. The molecule has 37 heavy (non-hydrogen) atoms. The van der Waals surface area contributed by atoms with E-state index in [2.05, 4.69) is 96.0 Å². The molecule has 2 unspecified atom stereocenters. The normalized spacial score (nSPS) is 25.0. The fraction of sp³-hybridized carbons (Fsp3) is 0.657. The maximum absolute atomic E-state index is 3.89. The van der Waals surface area contributed by atoms with Crippen molar-refractivity contribution in [3.8, 4) is 11.1 Å². The molecule has 2 aromatic rings. The lowest BCUT2D eigenvalue weighted by Gasteiger charge is -2.51. The van der Waals surface area contributed by atoms with Gasteiger partial charge in [0.2, 0.25) is 0 Å². The van der Waals surface area contributed by atoms with Crippen molar-refractivity contribution in [2.24, 2.45) is 11.8 Å². The minimum Gasteiger partial charge on any atom is -0.0654 e. The van der Waals surface area contributed by atoms with Gasteiger partial charge in [-0.05, 0) is 77.6 Å². The van der Waals surface area contributed by atoms with Crippen molar-refractivity contribution in [1.29, 1.82) is 0 Å². The van der Waals surface area contributed by atoms with E-state index in [-0.39, 0.29) is 10.8 Å². The highest BCUT2D eigenvalue weighted by molar-refractivity contribution is 9.10. The first-order chi connectivity index (χ1) is 17.8. The largest absolute Gasteiger partial charge is 0.0654 e. The molecule has 0 heterocycles. The summed E-state index contributed by atoms with van der Waals surface area (Å²) in [4.78, 5) is 0. The Morgan fingerprint density at radius 1 is 0.757 bits per heavy atom. The molecule has 204 valence electrons. The van der Waals surface area contributed by atoms with Gasteiger partial charge in [-0.25, -0.2) is 0 Å². The van der Waals surface area contributed by atoms with Gasteiger partial charge in [0.15, 0.2) is 0 Å². The molecule has 0 aromatic heterocycles. The molecule has 1 fully saturated rings. The Morgan fingerprint density at radius 3 is 1.97 bits per heavy atom. The van der Waals surface area contributed by atoms with E-state index >= 15 is 0 Å². The highest BCUT2D eigenvalue weighted by Gasteiger charge is 2.60. The molecule has 0 aliphatic heterocycles. The highest BCUT2D eigenvalue weighted by atomic mass is 79.9. The van der Waals surface area contributed by atoms with Gasteiger partial charge in [-0.3, -0.25) is 0 Å². The van der Waals surface area contributed by atoms with Crippen molar-refractivity contribution in [2.45, 2.75) is 135 Å². The quantitative estimate of drug-likeness (QED) is 0.182. The van der Waals surface area contributed by atoms with Crippen LogP contribution >= 0.6 is 31.9 Å².